The summed E-state index contributed by atoms with van der Waals surface area (Å²) < 4.78 is 0. The molecule has 0 saturated heterocycles. The van der Waals surface area contributed by atoms with Crippen LogP contribution in [-0.2, 0) is 4.79 Å². The smallest absolute Gasteiger partial charge is 0.223 e. The van der Waals surface area contributed by atoms with Crippen molar-refractivity contribution in [2.75, 3.05) is 12.4 Å². The van der Waals surface area contributed by atoms with Crippen molar-refractivity contribution in [1.82, 2.24) is 5.32 Å². The van der Waals surface area contributed by atoms with Crippen molar-refractivity contribution in [2.45, 2.75) is 51.4 Å². The maximum absolute atomic E-state index is 12.3. The fraction of sp³-hybridized carbons (Fsp3) is 0.938. The van der Waals surface area contributed by atoms with E-state index in [1.54, 1.807) is 0 Å². The van der Waals surface area contributed by atoms with Crippen molar-refractivity contribution >= 4 is 17.5 Å². The number of nitrogens with one attached hydrogen (secondary N) is 1. The van der Waals surface area contributed by atoms with E-state index in [1.165, 1.54) is 51.4 Å². The second kappa shape index (κ2) is 6.03. The molecule has 3 rings (SSSR count). The van der Waals surface area contributed by atoms with E-state index >= 15 is 0 Å². The Kier molecular flexibility index (Phi) is 4.36. The van der Waals surface area contributed by atoms with Crippen LogP contribution in [0.5, 0.6) is 0 Å². The average molecular weight is 284 g/mol. The van der Waals surface area contributed by atoms with Gasteiger partial charge in [0.2, 0.25) is 5.91 Å². The zero-order chi connectivity index (χ0) is 13.2. The molecule has 108 valence electrons. The van der Waals surface area contributed by atoms with Crippen molar-refractivity contribution in [1.29, 1.82) is 0 Å². The molecule has 3 fully saturated rings. The lowest BCUT2D eigenvalue weighted by Gasteiger charge is -2.30. The number of fused-ring (bicyclic) bond motifs is 1. The van der Waals surface area contributed by atoms with E-state index in [2.05, 4.69) is 5.32 Å². The minimum atomic E-state index is 0.343. The van der Waals surface area contributed by atoms with Gasteiger partial charge in [-0.15, -0.1) is 11.6 Å². The third kappa shape index (κ3) is 2.94. The van der Waals surface area contributed by atoms with Crippen LogP contribution in [-0.4, -0.2) is 18.3 Å². The summed E-state index contributed by atoms with van der Waals surface area (Å²) in [6, 6.07) is 0. The summed E-state index contributed by atoms with van der Waals surface area (Å²) in [6.07, 6.45) is 10.4. The van der Waals surface area contributed by atoms with E-state index in [1.807, 2.05) is 0 Å². The Balaban J connectivity index is 1.45. The lowest BCUT2D eigenvalue weighted by atomic mass is 9.80. The summed E-state index contributed by atoms with van der Waals surface area (Å²) >= 11 is 6.05. The van der Waals surface area contributed by atoms with Gasteiger partial charge in [0.1, 0.15) is 0 Å². The lowest BCUT2D eigenvalue weighted by Crippen LogP contribution is -2.36. The Morgan fingerprint density at radius 2 is 1.53 bits per heavy atom. The molecule has 0 bridgehead atoms. The van der Waals surface area contributed by atoms with Crippen LogP contribution in [0.1, 0.15) is 51.4 Å². The van der Waals surface area contributed by atoms with Gasteiger partial charge < -0.3 is 5.32 Å². The molecule has 1 N–H and O–H groups in total. The highest BCUT2D eigenvalue weighted by molar-refractivity contribution is 6.18. The summed E-state index contributed by atoms with van der Waals surface area (Å²) in [6.45, 7) is 0.867. The molecule has 0 heterocycles. The molecule has 3 aliphatic carbocycles. The van der Waals surface area contributed by atoms with E-state index < -0.39 is 0 Å². The number of hydrogen-bond donors (Lipinski definition) is 1. The van der Waals surface area contributed by atoms with Crippen LogP contribution in [0.3, 0.4) is 0 Å². The van der Waals surface area contributed by atoms with E-state index in [0.717, 1.165) is 24.3 Å². The first kappa shape index (κ1) is 13.7. The molecular weight excluding hydrogens is 258 g/mol. The van der Waals surface area contributed by atoms with Gasteiger partial charge >= 0.3 is 0 Å². The fourth-order valence-corrected chi connectivity index (χ4v) is 4.89. The van der Waals surface area contributed by atoms with Gasteiger partial charge in [0.25, 0.3) is 0 Å². The third-order valence-corrected chi connectivity index (χ3v) is 6.16. The first-order chi connectivity index (χ1) is 9.31. The second-order valence-corrected chi connectivity index (χ2v) is 7.15. The standard InChI is InChI=1S/C16H26ClNO/c17-9-11-5-1-2-6-12(11)10-18-16(19)15-13-7-3-4-8-14(13)15/h11-15H,1-10H2,(H,18,19). The Morgan fingerprint density at radius 1 is 0.947 bits per heavy atom. The molecule has 4 atom stereocenters. The van der Waals surface area contributed by atoms with Crippen LogP contribution in [0.2, 0.25) is 0 Å². The van der Waals surface area contributed by atoms with Crippen LogP contribution in [0.4, 0.5) is 0 Å². The monoisotopic (exact) mass is 283 g/mol. The van der Waals surface area contributed by atoms with Crippen molar-refractivity contribution in [2.24, 2.45) is 29.6 Å². The van der Waals surface area contributed by atoms with E-state index in [9.17, 15) is 4.79 Å². The maximum atomic E-state index is 12.3. The molecule has 3 saturated carbocycles. The number of alkyl halides is 1. The van der Waals surface area contributed by atoms with Crippen LogP contribution in [0.25, 0.3) is 0 Å². The van der Waals surface area contributed by atoms with Gasteiger partial charge in [-0.05, 0) is 49.4 Å². The molecule has 19 heavy (non-hydrogen) atoms. The largest absolute Gasteiger partial charge is 0.356 e. The Morgan fingerprint density at radius 3 is 2.16 bits per heavy atom. The lowest BCUT2D eigenvalue weighted by molar-refractivity contribution is -0.123. The molecule has 0 spiro atoms. The molecule has 0 radical (unpaired) electrons. The number of hydrogen-bond acceptors (Lipinski definition) is 1. The quantitative estimate of drug-likeness (QED) is 0.785. The molecule has 0 aromatic heterocycles. The molecule has 0 aromatic rings. The Bertz CT molecular complexity index is 321. The summed E-state index contributed by atoms with van der Waals surface area (Å²) in [5.74, 6) is 4.16. The van der Waals surface area contributed by atoms with Gasteiger partial charge in [-0.2, -0.15) is 0 Å². The van der Waals surface area contributed by atoms with Gasteiger partial charge in [-0.25, -0.2) is 0 Å². The number of halogens is 1. The summed E-state index contributed by atoms with van der Waals surface area (Å²) in [7, 11) is 0. The molecule has 3 heteroatoms. The van der Waals surface area contributed by atoms with Crippen LogP contribution < -0.4 is 5.32 Å². The molecule has 0 aromatic carbocycles. The van der Waals surface area contributed by atoms with Gasteiger partial charge in [-0.3, -0.25) is 4.79 Å². The minimum Gasteiger partial charge on any atom is -0.356 e. The molecule has 1 amide bonds. The van der Waals surface area contributed by atoms with E-state index in [-0.39, 0.29) is 0 Å². The fourth-order valence-electron chi connectivity index (χ4n) is 4.49. The highest BCUT2D eigenvalue weighted by atomic mass is 35.5. The van der Waals surface area contributed by atoms with Crippen LogP contribution in [0.15, 0.2) is 0 Å². The predicted molar refractivity (Wildman–Crippen MR) is 78.1 cm³/mol. The highest BCUT2D eigenvalue weighted by Crippen LogP contribution is 2.55. The van der Waals surface area contributed by atoms with E-state index in [0.29, 0.717) is 23.7 Å². The van der Waals surface area contributed by atoms with Crippen molar-refractivity contribution in [3.05, 3.63) is 0 Å². The second-order valence-electron chi connectivity index (χ2n) is 6.84. The van der Waals surface area contributed by atoms with Gasteiger partial charge in [0.15, 0.2) is 0 Å². The van der Waals surface area contributed by atoms with Gasteiger partial charge in [-0.1, -0.05) is 25.7 Å². The average Bonchev–Trinajstić information content (AvgIpc) is 3.19. The summed E-state index contributed by atoms with van der Waals surface area (Å²) in [5.41, 5.74) is 0. The van der Waals surface area contributed by atoms with Gasteiger partial charge in [0, 0.05) is 18.3 Å². The van der Waals surface area contributed by atoms with Crippen molar-refractivity contribution in [3.63, 3.8) is 0 Å². The topological polar surface area (TPSA) is 29.1 Å². The molecule has 4 unspecified atom stereocenters. The Labute approximate surface area is 121 Å². The number of carbonyl (C=O) groups is 1. The third-order valence-electron chi connectivity index (χ3n) is 5.76. The molecule has 0 aliphatic heterocycles. The minimum absolute atomic E-state index is 0.343. The zero-order valence-electron chi connectivity index (χ0n) is 11.7. The Hall–Kier alpha value is -0.240. The first-order valence-corrected chi connectivity index (χ1v) is 8.68. The molecular formula is C16H26ClNO. The van der Waals surface area contributed by atoms with Crippen molar-refractivity contribution in [3.8, 4) is 0 Å². The van der Waals surface area contributed by atoms with Crippen molar-refractivity contribution < 1.29 is 4.79 Å². The van der Waals surface area contributed by atoms with Crippen LogP contribution >= 0.6 is 11.6 Å². The highest BCUT2D eigenvalue weighted by Gasteiger charge is 2.54. The first-order valence-electron chi connectivity index (χ1n) is 8.15. The van der Waals surface area contributed by atoms with E-state index in [4.69, 9.17) is 11.6 Å². The van der Waals surface area contributed by atoms with Gasteiger partial charge in [0.05, 0.1) is 0 Å². The summed E-state index contributed by atoms with van der Waals surface area (Å²) in [4.78, 5) is 12.3. The normalized spacial score (nSPS) is 41.4. The molecule has 3 aliphatic rings. The molecule has 2 nitrogen and oxygen atoms in total. The maximum Gasteiger partial charge on any atom is 0.223 e. The summed E-state index contributed by atoms with van der Waals surface area (Å²) in [5, 5.41) is 3.24. The van der Waals surface area contributed by atoms with Crippen LogP contribution in [0, 0.1) is 29.6 Å². The zero-order valence-corrected chi connectivity index (χ0v) is 12.5. The number of carbonyl (C=O) groups excluding carboxylic acids is 1. The predicted octanol–water partition coefficient (Wildman–Crippen LogP) is 3.58. The number of amides is 1. The SMILES string of the molecule is O=C(NCC1CCCCC1CCl)C1C2CCCCC21. The number of rotatable bonds is 4.